The van der Waals surface area contributed by atoms with Gasteiger partial charge in [-0.25, -0.2) is 4.98 Å². The molecule has 2 heterocycles. The second-order valence-corrected chi connectivity index (χ2v) is 9.23. The van der Waals surface area contributed by atoms with Crippen LogP contribution in [-0.2, 0) is 17.9 Å². The van der Waals surface area contributed by atoms with E-state index < -0.39 is 0 Å². The van der Waals surface area contributed by atoms with E-state index in [4.69, 9.17) is 4.98 Å². The molecule has 5 rings (SSSR count). The summed E-state index contributed by atoms with van der Waals surface area (Å²) in [5.74, 6) is 0.280. The fourth-order valence-corrected chi connectivity index (χ4v) is 4.83. The van der Waals surface area contributed by atoms with Crippen molar-refractivity contribution in [2.75, 3.05) is 18.0 Å². The average Bonchev–Trinajstić information content (AvgIpc) is 2.90. The maximum absolute atomic E-state index is 13.7. The summed E-state index contributed by atoms with van der Waals surface area (Å²) in [6, 6.07) is 25.8. The molecular formula is C29H30N4O2. The maximum Gasteiger partial charge on any atom is 0.294 e. The lowest BCUT2D eigenvalue weighted by Gasteiger charge is -2.33. The Morgan fingerprint density at radius 3 is 2.57 bits per heavy atom. The maximum atomic E-state index is 13.7. The van der Waals surface area contributed by atoms with Gasteiger partial charge in [-0.3, -0.25) is 14.2 Å². The zero-order valence-electron chi connectivity index (χ0n) is 20.0. The van der Waals surface area contributed by atoms with E-state index in [1.54, 1.807) is 4.57 Å². The number of nitrogens with zero attached hydrogens (tertiary/aromatic N) is 3. The Morgan fingerprint density at radius 2 is 1.74 bits per heavy atom. The first-order valence-electron chi connectivity index (χ1n) is 12.2. The van der Waals surface area contributed by atoms with Gasteiger partial charge in [0, 0.05) is 19.6 Å². The number of amides is 1. The van der Waals surface area contributed by atoms with Crippen molar-refractivity contribution in [3.63, 3.8) is 0 Å². The van der Waals surface area contributed by atoms with Gasteiger partial charge in [-0.15, -0.1) is 0 Å². The number of carbonyl (C=O) groups is 1. The Hall–Kier alpha value is -3.93. The Labute approximate surface area is 205 Å². The van der Waals surface area contributed by atoms with Crippen LogP contribution in [0.2, 0.25) is 0 Å². The van der Waals surface area contributed by atoms with E-state index in [1.165, 1.54) is 0 Å². The Kier molecular flexibility index (Phi) is 6.62. The highest BCUT2D eigenvalue weighted by Gasteiger charge is 2.28. The second kappa shape index (κ2) is 10.1. The predicted molar refractivity (Wildman–Crippen MR) is 140 cm³/mol. The zero-order valence-corrected chi connectivity index (χ0v) is 20.0. The molecule has 1 amide bonds. The number of hydrogen-bond donors (Lipinski definition) is 1. The second-order valence-electron chi connectivity index (χ2n) is 9.23. The minimum atomic E-state index is -0.178. The number of aromatic nitrogens is 2. The first-order chi connectivity index (χ1) is 17.1. The molecule has 1 aliphatic heterocycles. The van der Waals surface area contributed by atoms with Crippen molar-refractivity contribution in [2.45, 2.75) is 32.9 Å². The van der Waals surface area contributed by atoms with Gasteiger partial charge in [0.2, 0.25) is 5.91 Å². The number of aryl methyl sites for hydroxylation is 1. The van der Waals surface area contributed by atoms with Gasteiger partial charge in [0.25, 0.3) is 5.56 Å². The predicted octanol–water partition coefficient (Wildman–Crippen LogP) is 4.29. The van der Waals surface area contributed by atoms with Gasteiger partial charge in [-0.05, 0) is 48.6 Å². The standard InChI is InChI=1S/C29H30N4O2/c1-21-10-5-6-13-23(21)18-30-28(34)24-14-9-17-32(20-24)27-29(35)33(19-22-11-3-2-4-12-22)26-16-8-7-15-25(26)31-27/h2-8,10-13,15-16,24H,9,14,17-20H2,1H3,(H,30,34)/t24-/m1/s1. The Balaban J connectivity index is 1.39. The van der Waals surface area contributed by atoms with Gasteiger partial charge in [0.05, 0.1) is 23.5 Å². The average molecular weight is 467 g/mol. The molecule has 3 aromatic carbocycles. The molecule has 1 fully saturated rings. The van der Waals surface area contributed by atoms with Crippen LogP contribution in [0.3, 0.4) is 0 Å². The summed E-state index contributed by atoms with van der Waals surface area (Å²) < 4.78 is 1.80. The molecule has 4 aromatic rings. The van der Waals surface area contributed by atoms with E-state index in [0.29, 0.717) is 32.0 Å². The monoisotopic (exact) mass is 466 g/mol. The van der Waals surface area contributed by atoms with Crippen LogP contribution in [-0.4, -0.2) is 28.5 Å². The third kappa shape index (κ3) is 4.97. The van der Waals surface area contributed by atoms with E-state index in [9.17, 15) is 9.59 Å². The number of benzene rings is 3. The van der Waals surface area contributed by atoms with Crippen LogP contribution in [0.4, 0.5) is 5.82 Å². The van der Waals surface area contributed by atoms with Crippen molar-refractivity contribution in [3.05, 3.63) is 106 Å². The van der Waals surface area contributed by atoms with Gasteiger partial charge in [-0.2, -0.15) is 0 Å². The molecule has 1 aliphatic rings. The molecule has 1 saturated heterocycles. The van der Waals surface area contributed by atoms with E-state index >= 15 is 0 Å². The number of nitrogens with one attached hydrogen (secondary N) is 1. The van der Waals surface area contributed by atoms with Crippen LogP contribution < -0.4 is 15.8 Å². The lowest BCUT2D eigenvalue weighted by Crippen LogP contribution is -2.45. The SMILES string of the molecule is Cc1ccccc1CNC(=O)[C@@H]1CCCN(c2nc3ccccc3n(Cc3ccccc3)c2=O)C1. The summed E-state index contributed by atoms with van der Waals surface area (Å²) in [5, 5.41) is 3.10. The molecule has 1 aromatic heterocycles. The first-order valence-corrected chi connectivity index (χ1v) is 12.2. The number of anilines is 1. The molecule has 0 radical (unpaired) electrons. The quantitative estimate of drug-likeness (QED) is 0.461. The molecule has 0 unspecified atom stereocenters. The number of para-hydroxylation sites is 2. The molecule has 0 spiro atoms. The smallest absolute Gasteiger partial charge is 0.294 e. The third-order valence-electron chi connectivity index (χ3n) is 6.82. The van der Waals surface area contributed by atoms with Crippen molar-refractivity contribution >= 4 is 22.8 Å². The highest BCUT2D eigenvalue weighted by Crippen LogP contribution is 2.22. The topological polar surface area (TPSA) is 67.2 Å². The normalized spacial score (nSPS) is 15.8. The molecule has 0 bridgehead atoms. The molecule has 1 N–H and O–H groups in total. The summed E-state index contributed by atoms with van der Waals surface area (Å²) in [6.07, 6.45) is 1.65. The number of fused-ring (bicyclic) bond motifs is 1. The van der Waals surface area contributed by atoms with Crippen molar-refractivity contribution in [3.8, 4) is 0 Å². The van der Waals surface area contributed by atoms with E-state index in [0.717, 1.165) is 40.6 Å². The van der Waals surface area contributed by atoms with Crippen molar-refractivity contribution < 1.29 is 4.79 Å². The molecular weight excluding hydrogens is 436 g/mol. The van der Waals surface area contributed by atoms with Crippen molar-refractivity contribution in [1.82, 2.24) is 14.9 Å². The van der Waals surface area contributed by atoms with Crippen LogP contribution in [0, 0.1) is 12.8 Å². The lowest BCUT2D eigenvalue weighted by molar-refractivity contribution is -0.125. The summed E-state index contributed by atoms with van der Waals surface area (Å²) in [5.41, 5.74) is 4.82. The van der Waals surface area contributed by atoms with Gasteiger partial charge in [-0.1, -0.05) is 66.7 Å². The van der Waals surface area contributed by atoms with E-state index in [2.05, 4.69) is 18.3 Å². The number of carbonyl (C=O) groups excluding carboxylic acids is 1. The number of piperidine rings is 1. The van der Waals surface area contributed by atoms with Gasteiger partial charge >= 0.3 is 0 Å². The van der Waals surface area contributed by atoms with Gasteiger partial charge in [0.15, 0.2) is 5.82 Å². The molecule has 6 nitrogen and oxygen atoms in total. The molecule has 6 heteroatoms. The van der Waals surface area contributed by atoms with E-state index in [-0.39, 0.29) is 17.4 Å². The van der Waals surface area contributed by atoms with Crippen LogP contribution in [0.5, 0.6) is 0 Å². The molecule has 0 saturated carbocycles. The zero-order chi connectivity index (χ0) is 24.2. The molecule has 0 aliphatic carbocycles. The highest BCUT2D eigenvalue weighted by atomic mass is 16.2. The van der Waals surface area contributed by atoms with Crippen LogP contribution in [0.25, 0.3) is 11.0 Å². The largest absolute Gasteiger partial charge is 0.352 e. The van der Waals surface area contributed by atoms with E-state index in [1.807, 2.05) is 77.7 Å². The number of rotatable bonds is 6. The van der Waals surface area contributed by atoms with Gasteiger partial charge < -0.3 is 10.2 Å². The Morgan fingerprint density at radius 1 is 1.00 bits per heavy atom. The fraction of sp³-hybridized carbons (Fsp3) is 0.276. The summed E-state index contributed by atoms with van der Waals surface area (Å²) in [6.45, 7) is 4.25. The fourth-order valence-electron chi connectivity index (χ4n) is 4.83. The van der Waals surface area contributed by atoms with Crippen LogP contribution in [0.1, 0.15) is 29.5 Å². The molecule has 178 valence electrons. The molecule has 1 atom stereocenters. The van der Waals surface area contributed by atoms with Crippen LogP contribution in [0.15, 0.2) is 83.7 Å². The summed E-state index contributed by atoms with van der Waals surface area (Å²) >= 11 is 0. The Bertz CT molecular complexity index is 1400. The van der Waals surface area contributed by atoms with Crippen molar-refractivity contribution in [2.24, 2.45) is 5.92 Å². The lowest BCUT2D eigenvalue weighted by atomic mass is 9.97. The minimum Gasteiger partial charge on any atom is -0.352 e. The first kappa shape index (κ1) is 22.8. The van der Waals surface area contributed by atoms with Gasteiger partial charge in [0.1, 0.15) is 0 Å². The third-order valence-corrected chi connectivity index (χ3v) is 6.82. The van der Waals surface area contributed by atoms with Crippen molar-refractivity contribution in [1.29, 1.82) is 0 Å². The minimum absolute atomic E-state index is 0.0309. The summed E-state index contributed by atoms with van der Waals surface area (Å²) in [7, 11) is 0. The summed E-state index contributed by atoms with van der Waals surface area (Å²) in [4.78, 5) is 33.5. The van der Waals surface area contributed by atoms with Crippen LogP contribution >= 0.6 is 0 Å². The highest BCUT2D eigenvalue weighted by molar-refractivity contribution is 5.80. The molecule has 35 heavy (non-hydrogen) atoms. The number of hydrogen-bond acceptors (Lipinski definition) is 4.